The molecule has 0 radical (unpaired) electrons. The summed E-state index contributed by atoms with van der Waals surface area (Å²) in [5, 5.41) is 3.19. The van der Waals surface area contributed by atoms with Crippen LogP contribution in [0.15, 0.2) is 52.0 Å². The predicted octanol–water partition coefficient (Wildman–Crippen LogP) is 4.07. The van der Waals surface area contributed by atoms with Gasteiger partial charge in [0, 0.05) is 22.0 Å². The topological polar surface area (TPSA) is 64.0 Å². The Labute approximate surface area is 180 Å². The molecule has 1 saturated carbocycles. The van der Waals surface area contributed by atoms with Crippen molar-refractivity contribution < 1.29 is 13.6 Å². The maximum absolute atomic E-state index is 14.4. The Morgan fingerprint density at radius 1 is 1.17 bits per heavy atom. The molecule has 4 rings (SSSR count). The van der Waals surface area contributed by atoms with Gasteiger partial charge in [-0.05, 0) is 43.2 Å². The van der Waals surface area contributed by atoms with Crippen LogP contribution in [0.5, 0.6) is 0 Å². The number of hydrogen-bond acceptors (Lipinski definition) is 3. The number of carbonyl (C=O) groups excluding carboxylic acids is 1. The van der Waals surface area contributed by atoms with Crippen molar-refractivity contribution in [2.75, 3.05) is 6.54 Å². The number of aromatic nitrogens is 2. The smallest absolute Gasteiger partial charge is 0.261 e. The lowest BCUT2D eigenvalue weighted by Crippen LogP contribution is -2.42. The van der Waals surface area contributed by atoms with Gasteiger partial charge in [-0.25, -0.2) is 13.8 Å². The minimum atomic E-state index is -0.775. The van der Waals surface area contributed by atoms with Crippen LogP contribution in [0, 0.1) is 11.6 Å². The predicted molar refractivity (Wildman–Crippen MR) is 113 cm³/mol. The molecule has 5 nitrogen and oxygen atoms in total. The number of halogens is 3. The SMILES string of the molecule is O=C(Cn1cnc2ccc(Br)cc2c1=O)NCC1(c2c(F)cccc2F)CCCC1. The van der Waals surface area contributed by atoms with E-state index < -0.39 is 23.0 Å². The maximum atomic E-state index is 14.4. The summed E-state index contributed by atoms with van der Waals surface area (Å²) in [7, 11) is 0. The molecule has 1 N–H and O–H groups in total. The molecule has 0 saturated heterocycles. The molecule has 0 unspecified atom stereocenters. The molecule has 0 spiro atoms. The highest BCUT2D eigenvalue weighted by atomic mass is 79.9. The quantitative estimate of drug-likeness (QED) is 0.604. The molecule has 8 heteroatoms. The molecule has 30 heavy (non-hydrogen) atoms. The third kappa shape index (κ3) is 3.88. The molecule has 0 aliphatic heterocycles. The zero-order valence-electron chi connectivity index (χ0n) is 16.1. The molecule has 156 valence electrons. The van der Waals surface area contributed by atoms with E-state index in [4.69, 9.17) is 0 Å². The summed E-state index contributed by atoms with van der Waals surface area (Å²) in [5.74, 6) is -1.59. The summed E-state index contributed by atoms with van der Waals surface area (Å²) in [5.41, 5.74) is -0.521. The van der Waals surface area contributed by atoms with Crippen molar-refractivity contribution in [3.63, 3.8) is 0 Å². The number of benzene rings is 2. The fourth-order valence-electron chi connectivity index (χ4n) is 4.29. The molecule has 1 aliphatic rings. The fourth-order valence-corrected chi connectivity index (χ4v) is 4.65. The first-order chi connectivity index (χ1) is 14.4. The highest BCUT2D eigenvalue weighted by Gasteiger charge is 2.40. The first-order valence-electron chi connectivity index (χ1n) is 9.75. The summed E-state index contributed by atoms with van der Waals surface area (Å²) >= 11 is 3.33. The second-order valence-electron chi connectivity index (χ2n) is 7.70. The van der Waals surface area contributed by atoms with Crippen molar-refractivity contribution in [1.29, 1.82) is 0 Å². The van der Waals surface area contributed by atoms with Crippen LogP contribution < -0.4 is 10.9 Å². The van der Waals surface area contributed by atoms with E-state index in [1.807, 2.05) is 0 Å². The standard InChI is InChI=1S/C22H20BrF2N3O2/c23-14-6-7-18-15(10-14)21(30)28(13-27-18)11-19(29)26-12-22(8-1-2-9-22)20-16(24)4-3-5-17(20)25/h3-7,10,13H,1-2,8-9,11-12H2,(H,26,29). The van der Waals surface area contributed by atoms with Gasteiger partial charge in [0.15, 0.2) is 0 Å². The average molecular weight is 476 g/mol. The summed E-state index contributed by atoms with van der Waals surface area (Å²) in [6.07, 6.45) is 4.20. The molecule has 3 aromatic rings. The van der Waals surface area contributed by atoms with Crippen molar-refractivity contribution in [2.45, 2.75) is 37.6 Å². The molecule has 1 heterocycles. The fraction of sp³-hybridized carbons (Fsp3) is 0.318. The minimum Gasteiger partial charge on any atom is -0.354 e. The number of fused-ring (bicyclic) bond motifs is 1. The number of carbonyl (C=O) groups is 1. The number of nitrogens with zero attached hydrogens (tertiary/aromatic N) is 2. The van der Waals surface area contributed by atoms with Gasteiger partial charge < -0.3 is 5.32 Å². The van der Waals surface area contributed by atoms with Crippen molar-refractivity contribution in [2.24, 2.45) is 0 Å². The van der Waals surface area contributed by atoms with Gasteiger partial charge in [-0.2, -0.15) is 0 Å². The summed E-state index contributed by atoms with van der Waals surface area (Å²) in [6, 6.07) is 9.00. The van der Waals surface area contributed by atoms with Gasteiger partial charge in [0.2, 0.25) is 5.91 Å². The Balaban J connectivity index is 1.54. The third-order valence-corrected chi connectivity index (χ3v) is 6.27. The van der Waals surface area contributed by atoms with Crippen LogP contribution in [0.2, 0.25) is 0 Å². The van der Waals surface area contributed by atoms with Gasteiger partial charge in [0.05, 0.1) is 17.2 Å². The first-order valence-corrected chi connectivity index (χ1v) is 10.5. The van der Waals surface area contributed by atoms with E-state index in [9.17, 15) is 18.4 Å². The molecule has 1 amide bonds. The van der Waals surface area contributed by atoms with E-state index in [1.54, 1.807) is 18.2 Å². The number of nitrogens with one attached hydrogen (secondary N) is 1. The maximum Gasteiger partial charge on any atom is 0.261 e. The van der Waals surface area contributed by atoms with Gasteiger partial charge in [0.25, 0.3) is 5.56 Å². The Kier molecular flexibility index (Phi) is 5.69. The Morgan fingerprint density at radius 2 is 1.87 bits per heavy atom. The average Bonchev–Trinajstić information content (AvgIpc) is 3.18. The van der Waals surface area contributed by atoms with Crippen molar-refractivity contribution in [3.8, 4) is 0 Å². The van der Waals surface area contributed by atoms with E-state index >= 15 is 0 Å². The third-order valence-electron chi connectivity index (χ3n) is 5.78. The molecular weight excluding hydrogens is 456 g/mol. The van der Waals surface area contributed by atoms with Crippen molar-refractivity contribution in [1.82, 2.24) is 14.9 Å². The van der Waals surface area contributed by atoms with Crippen LogP contribution in [0.4, 0.5) is 8.78 Å². The second kappa shape index (κ2) is 8.26. The molecule has 1 aromatic heterocycles. The molecule has 1 aliphatic carbocycles. The van der Waals surface area contributed by atoms with Gasteiger partial charge in [-0.15, -0.1) is 0 Å². The van der Waals surface area contributed by atoms with Crippen molar-refractivity contribution in [3.05, 3.63) is 74.7 Å². The number of amides is 1. The van der Waals surface area contributed by atoms with Crippen molar-refractivity contribution >= 4 is 32.7 Å². The van der Waals surface area contributed by atoms with E-state index in [1.165, 1.54) is 29.1 Å². The van der Waals surface area contributed by atoms with Crippen LogP contribution >= 0.6 is 15.9 Å². The lowest BCUT2D eigenvalue weighted by molar-refractivity contribution is -0.122. The van der Waals surface area contributed by atoms with Crippen LogP contribution in [0.3, 0.4) is 0 Å². The molecule has 2 aromatic carbocycles. The highest BCUT2D eigenvalue weighted by molar-refractivity contribution is 9.10. The van der Waals surface area contributed by atoms with E-state index in [0.29, 0.717) is 23.7 Å². The number of hydrogen-bond donors (Lipinski definition) is 1. The zero-order valence-corrected chi connectivity index (χ0v) is 17.7. The monoisotopic (exact) mass is 475 g/mol. The molecular formula is C22H20BrF2N3O2. The lowest BCUT2D eigenvalue weighted by Gasteiger charge is -2.30. The van der Waals surface area contributed by atoms with Crippen LogP contribution in [-0.2, 0) is 16.8 Å². The van der Waals surface area contributed by atoms with Crippen LogP contribution in [-0.4, -0.2) is 22.0 Å². The molecule has 0 bridgehead atoms. The Morgan fingerprint density at radius 3 is 2.57 bits per heavy atom. The molecule has 0 atom stereocenters. The minimum absolute atomic E-state index is 0.0391. The van der Waals surface area contributed by atoms with E-state index in [0.717, 1.165) is 17.3 Å². The van der Waals surface area contributed by atoms with Gasteiger partial charge in [-0.3, -0.25) is 14.2 Å². The Hall–Kier alpha value is -2.61. The largest absolute Gasteiger partial charge is 0.354 e. The van der Waals surface area contributed by atoms with Gasteiger partial charge in [0.1, 0.15) is 18.2 Å². The summed E-state index contributed by atoms with van der Waals surface area (Å²) in [4.78, 5) is 29.5. The number of rotatable bonds is 5. The second-order valence-corrected chi connectivity index (χ2v) is 8.62. The first kappa shape index (κ1) is 20.7. The van der Waals surface area contributed by atoms with E-state index in [2.05, 4.69) is 26.2 Å². The summed E-state index contributed by atoms with van der Waals surface area (Å²) < 4.78 is 30.9. The van der Waals surface area contributed by atoms with E-state index in [-0.39, 0.29) is 24.2 Å². The van der Waals surface area contributed by atoms with Gasteiger partial charge in [-0.1, -0.05) is 34.8 Å². The normalized spacial score (nSPS) is 15.4. The zero-order chi connectivity index (χ0) is 21.3. The van der Waals surface area contributed by atoms with Crippen LogP contribution in [0.25, 0.3) is 10.9 Å². The summed E-state index contributed by atoms with van der Waals surface area (Å²) in [6.45, 7) is -0.102. The Bertz CT molecular complexity index is 1150. The van der Waals surface area contributed by atoms with Gasteiger partial charge >= 0.3 is 0 Å². The molecule has 1 fully saturated rings. The lowest BCUT2D eigenvalue weighted by atomic mass is 9.78. The highest BCUT2D eigenvalue weighted by Crippen LogP contribution is 2.42. The van der Waals surface area contributed by atoms with Crippen LogP contribution in [0.1, 0.15) is 31.2 Å².